The molecule has 2 aromatic carbocycles. The number of anilines is 1. The maximum Gasteiger partial charge on any atom is 0.129 e. The summed E-state index contributed by atoms with van der Waals surface area (Å²) >= 11 is 3.29. The van der Waals surface area contributed by atoms with Gasteiger partial charge >= 0.3 is 0 Å². The summed E-state index contributed by atoms with van der Waals surface area (Å²) in [6.45, 7) is 10.3. The smallest absolute Gasteiger partial charge is 0.129 e. The molecule has 0 fully saturated rings. The van der Waals surface area contributed by atoms with Gasteiger partial charge in [-0.05, 0) is 43.3 Å². The molecule has 0 aliphatic heterocycles. The number of fused-ring (bicyclic) bond motifs is 1. The average molecular weight is 464 g/mol. The third-order valence-corrected chi connectivity index (χ3v) is 6.86. The van der Waals surface area contributed by atoms with Crippen molar-refractivity contribution < 1.29 is 9.13 Å². The number of imidazole rings is 1. The van der Waals surface area contributed by atoms with Gasteiger partial charge in [-0.15, -0.1) is 0 Å². The van der Waals surface area contributed by atoms with Crippen LogP contribution in [-0.4, -0.2) is 24.2 Å². The number of hydrogen-bond donors (Lipinski definition) is 1. The summed E-state index contributed by atoms with van der Waals surface area (Å²) in [7, 11) is -1.08. The average Bonchev–Trinajstić information content (AvgIpc) is 3.00. The van der Waals surface area contributed by atoms with E-state index in [-0.39, 0.29) is 11.9 Å². The van der Waals surface area contributed by atoms with Crippen LogP contribution in [0.15, 0.2) is 47.2 Å². The predicted octanol–water partition coefficient (Wildman–Crippen LogP) is 6.42. The molecule has 0 saturated carbocycles. The minimum absolute atomic E-state index is 0.155. The topological polar surface area (TPSA) is 39.1 Å². The Kier molecular flexibility index (Phi) is 6.57. The van der Waals surface area contributed by atoms with Crippen LogP contribution < -0.4 is 5.32 Å². The lowest BCUT2D eigenvalue weighted by atomic mass is 10.1. The second-order valence-corrected chi connectivity index (χ2v) is 14.8. The lowest BCUT2D eigenvalue weighted by molar-refractivity contribution is 0.0898. The van der Waals surface area contributed by atoms with E-state index in [2.05, 4.69) is 45.9 Å². The van der Waals surface area contributed by atoms with Gasteiger partial charge in [0.15, 0.2) is 0 Å². The Labute approximate surface area is 175 Å². The molecular formula is C21H27BrFN3OSi. The van der Waals surface area contributed by atoms with Crippen LogP contribution in [0.5, 0.6) is 0 Å². The highest BCUT2D eigenvalue weighted by Gasteiger charge is 2.13. The molecule has 0 saturated heterocycles. The third kappa shape index (κ3) is 5.43. The van der Waals surface area contributed by atoms with Crippen molar-refractivity contribution in [2.75, 3.05) is 11.9 Å². The Hall–Kier alpha value is -1.70. The van der Waals surface area contributed by atoms with Crippen molar-refractivity contribution in [1.82, 2.24) is 9.55 Å². The van der Waals surface area contributed by atoms with Gasteiger partial charge in [-0.3, -0.25) is 0 Å². The minimum atomic E-state index is -1.08. The van der Waals surface area contributed by atoms with E-state index in [0.29, 0.717) is 12.3 Å². The molecule has 7 heteroatoms. The number of benzene rings is 2. The predicted molar refractivity (Wildman–Crippen MR) is 120 cm³/mol. The van der Waals surface area contributed by atoms with Crippen molar-refractivity contribution in [3.63, 3.8) is 0 Å². The molecule has 0 bridgehead atoms. The first-order valence-corrected chi connectivity index (χ1v) is 14.0. The normalized spacial score (nSPS) is 13.1. The van der Waals surface area contributed by atoms with Crippen LogP contribution in [0, 0.1) is 5.82 Å². The summed E-state index contributed by atoms with van der Waals surface area (Å²) in [5, 5.41) is 3.36. The van der Waals surface area contributed by atoms with Gasteiger partial charge in [-0.2, -0.15) is 0 Å². The SMILES string of the molecule is CC(Nc1ccc2c(c1)ncn2COCC[Si](C)(C)C)c1ccc(Br)cc1F. The van der Waals surface area contributed by atoms with Crippen LogP contribution in [0.3, 0.4) is 0 Å². The monoisotopic (exact) mass is 463 g/mol. The Bertz CT molecular complexity index is 954. The Morgan fingerprint density at radius 2 is 2.00 bits per heavy atom. The molecule has 4 nitrogen and oxygen atoms in total. The van der Waals surface area contributed by atoms with Gasteiger partial charge in [-0.1, -0.05) is 41.6 Å². The van der Waals surface area contributed by atoms with Crippen molar-refractivity contribution in [3.05, 3.63) is 58.6 Å². The van der Waals surface area contributed by atoms with Crippen LogP contribution in [0.2, 0.25) is 25.7 Å². The third-order valence-electron chi connectivity index (χ3n) is 4.66. The first-order chi connectivity index (χ1) is 13.2. The van der Waals surface area contributed by atoms with Crippen LogP contribution >= 0.6 is 15.9 Å². The second kappa shape index (κ2) is 8.76. The molecule has 1 heterocycles. The van der Waals surface area contributed by atoms with E-state index in [1.807, 2.05) is 35.8 Å². The number of hydrogen-bond acceptors (Lipinski definition) is 3. The van der Waals surface area contributed by atoms with Crippen LogP contribution in [-0.2, 0) is 11.5 Å². The molecule has 28 heavy (non-hydrogen) atoms. The van der Waals surface area contributed by atoms with E-state index in [1.165, 1.54) is 6.07 Å². The van der Waals surface area contributed by atoms with Crippen molar-refractivity contribution in [2.45, 2.75) is 45.4 Å². The van der Waals surface area contributed by atoms with Gasteiger partial charge in [0.25, 0.3) is 0 Å². The molecule has 150 valence electrons. The van der Waals surface area contributed by atoms with Gasteiger partial charge in [0.05, 0.1) is 23.4 Å². The molecule has 1 aromatic heterocycles. The fourth-order valence-corrected chi connectivity index (χ4v) is 4.07. The zero-order chi connectivity index (χ0) is 20.3. The maximum absolute atomic E-state index is 14.2. The molecule has 1 N–H and O–H groups in total. The first kappa shape index (κ1) is 21.0. The lowest BCUT2D eigenvalue weighted by Gasteiger charge is -2.17. The standard InChI is InChI=1S/C21H27BrFN3OSi/c1-15(18-7-5-16(22)11-19(18)23)25-17-6-8-21-20(12-17)24-13-26(21)14-27-9-10-28(2,3)4/h5-8,11-13,15,25H,9-10,14H2,1-4H3. The van der Waals surface area contributed by atoms with Gasteiger partial charge in [0, 0.05) is 30.4 Å². The maximum atomic E-state index is 14.2. The van der Waals surface area contributed by atoms with E-state index in [1.54, 1.807) is 12.4 Å². The largest absolute Gasteiger partial charge is 0.378 e. The van der Waals surface area contributed by atoms with E-state index >= 15 is 0 Å². The molecule has 0 aliphatic carbocycles. The van der Waals surface area contributed by atoms with E-state index < -0.39 is 8.07 Å². The molecule has 1 atom stereocenters. The molecular weight excluding hydrogens is 437 g/mol. The zero-order valence-electron chi connectivity index (χ0n) is 16.8. The summed E-state index contributed by atoms with van der Waals surface area (Å²) < 4.78 is 22.8. The number of ether oxygens (including phenoxy) is 1. The molecule has 0 aliphatic rings. The Balaban J connectivity index is 1.66. The van der Waals surface area contributed by atoms with E-state index in [4.69, 9.17) is 4.74 Å². The lowest BCUT2D eigenvalue weighted by Crippen LogP contribution is -2.21. The second-order valence-electron chi connectivity index (χ2n) is 8.30. The summed E-state index contributed by atoms with van der Waals surface area (Å²) in [6, 6.07) is 12.1. The van der Waals surface area contributed by atoms with Crippen LogP contribution in [0.1, 0.15) is 18.5 Å². The number of nitrogens with zero attached hydrogens (tertiary/aromatic N) is 2. The van der Waals surface area contributed by atoms with E-state index in [9.17, 15) is 4.39 Å². The molecule has 0 radical (unpaired) electrons. The van der Waals surface area contributed by atoms with Gasteiger partial charge in [-0.25, -0.2) is 9.37 Å². The summed E-state index contributed by atoms with van der Waals surface area (Å²) in [5.41, 5.74) is 3.46. The van der Waals surface area contributed by atoms with Crippen molar-refractivity contribution in [3.8, 4) is 0 Å². The van der Waals surface area contributed by atoms with Crippen LogP contribution in [0.25, 0.3) is 11.0 Å². The van der Waals surface area contributed by atoms with Crippen LogP contribution in [0.4, 0.5) is 10.1 Å². The Morgan fingerprint density at radius 3 is 2.71 bits per heavy atom. The van der Waals surface area contributed by atoms with Gasteiger partial charge < -0.3 is 14.6 Å². The quantitative estimate of drug-likeness (QED) is 0.309. The molecule has 0 spiro atoms. The molecule has 3 rings (SSSR count). The van der Waals surface area contributed by atoms with Gasteiger partial charge in [0.1, 0.15) is 12.5 Å². The zero-order valence-corrected chi connectivity index (χ0v) is 19.4. The summed E-state index contributed by atoms with van der Waals surface area (Å²) in [5.74, 6) is -0.227. The number of aromatic nitrogens is 2. The number of rotatable bonds is 8. The summed E-state index contributed by atoms with van der Waals surface area (Å²) in [4.78, 5) is 4.49. The molecule has 1 unspecified atom stereocenters. The van der Waals surface area contributed by atoms with Gasteiger partial charge in [0.2, 0.25) is 0 Å². The highest BCUT2D eigenvalue weighted by atomic mass is 79.9. The number of nitrogens with one attached hydrogen (secondary N) is 1. The van der Waals surface area contributed by atoms with E-state index in [0.717, 1.165) is 33.8 Å². The van der Waals surface area contributed by atoms with Crippen molar-refractivity contribution >= 4 is 40.7 Å². The molecule has 3 aromatic rings. The van der Waals surface area contributed by atoms with Crippen molar-refractivity contribution in [1.29, 1.82) is 0 Å². The highest BCUT2D eigenvalue weighted by molar-refractivity contribution is 9.10. The highest BCUT2D eigenvalue weighted by Crippen LogP contribution is 2.26. The number of halogens is 2. The molecule has 0 amide bonds. The minimum Gasteiger partial charge on any atom is -0.378 e. The van der Waals surface area contributed by atoms with Crippen molar-refractivity contribution in [2.24, 2.45) is 0 Å². The summed E-state index contributed by atoms with van der Waals surface area (Å²) in [6.07, 6.45) is 1.81. The first-order valence-electron chi connectivity index (χ1n) is 9.47. The fourth-order valence-electron chi connectivity index (χ4n) is 2.98. The fraction of sp³-hybridized carbons (Fsp3) is 0.381. The Morgan fingerprint density at radius 1 is 1.21 bits per heavy atom.